The van der Waals surface area contributed by atoms with Crippen LogP contribution in [0.3, 0.4) is 0 Å². The highest BCUT2D eigenvalue weighted by Crippen LogP contribution is 2.27. The molecule has 2 aromatic rings. The van der Waals surface area contributed by atoms with Gasteiger partial charge in [0.1, 0.15) is 5.75 Å². The molecule has 1 aromatic heterocycles. The van der Waals surface area contributed by atoms with Crippen molar-refractivity contribution in [2.75, 3.05) is 19.1 Å². The first-order valence-electron chi connectivity index (χ1n) is 5.97. The number of pyridine rings is 1. The standard InChI is InChI=1S/C14H16N4O2/c1-18(10-3-5-11(20-2)6-4-10)13-9-16-8-7-12(13)14(15)17-19/h3-9,19H,1-2H3,(H2,15,17). The molecule has 104 valence electrons. The quantitative estimate of drug-likeness (QED) is 0.384. The molecule has 0 saturated heterocycles. The number of ether oxygens (including phenoxy) is 1. The fraction of sp³-hybridized carbons (Fsp3) is 0.143. The van der Waals surface area contributed by atoms with Crippen LogP contribution in [0.1, 0.15) is 5.56 Å². The van der Waals surface area contributed by atoms with Crippen LogP contribution in [0.25, 0.3) is 0 Å². The molecule has 0 unspecified atom stereocenters. The van der Waals surface area contributed by atoms with E-state index in [1.54, 1.807) is 25.6 Å². The number of rotatable bonds is 4. The monoisotopic (exact) mass is 272 g/mol. The minimum absolute atomic E-state index is 0.0442. The first kappa shape index (κ1) is 13.7. The molecule has 0 spiro atoms. The molecule has 0 amide bonds. The number of amidine groups is 1. The lowest BCUT2D eigenvalue weighted by Crippen LogP contribution is -2.19. The van der Waals surface area contributed by atoms with Crippen LogP contribution < -0.4 is 15.4 Å². The van der Waals surface area contributed by atoms with Gasteiger partial charge in [0.05, 0.1) is 19.0 Å². The average Bonchev–Trinajstić information content (AvgIpc) is 2.53. The lowest BCUT2D eigenvalue weighted by atomic mass is 10.2. The van der Waals surface area contributed by atoms with Crippen molar-refractivity contribution in [2.45, 2.75) is 0 Å². The SMILES string of the molecule is COc1ccc(N(C)c2cnccc2/C(N)=N/O)cc1. The van der Waals surface area contributed by atoms with Gasteiger partial charge in [0.15, 0.2) is 5.84 Å². The van der Waals surface area contributed by atoms with Crippen molar-refractivity contribution in [2.24, 2.45) is 10.9 Å². The molecule has 0 aliphatic heterocycles. The summed E-state index contributed by atoms with van der Waals surface area (Å²) >= 11 is 0. The number of oxime groups is 1. The Balaban J connectivity index is 2.39. The van der Waals surface area contributed by atoms with Crippen LogP contribution in [0.2, 0.25) is 0 Å². The van der Waals surface area contributed by atoms with Gasteiger partial charge in [0, 0.05) is 24.5 Å². The van der Waals surface area contributed by atoms with Gasteiger partial charge in [0.2, 0.25) is 0 Å². The smallest absolute Gasteiger partial charge is 0.172 e. The highest BCUT2D eigenvalue weighted by Gasteiger charge is 2.12. The molecule has 2 rings (SSSR count). The number of aromatic nitrogens is 1. The third-order valence-corrected chi connectivity index (χ3v) is 3.00. The van der Waals surface area contributed by atoms with Gasteiger partial charge in [-0.15, -0.1) is 0 Å². The molecule has 3 N–H and O–H groups in total. The van der Waals surface area contributed by atoms with E-state index >= 15 is 0 Å². The Morgan fingerprint density at radius 2 is 2.00 bits per heavy atom. The van der Waals surface area contributed by atoms with Crippen LogP contribution in [-0.4, -0.2) is 30.2 Å². The molecule has 20 heavy (non-hydrogen) atoms. The van der Waals surface area contributed by atoms with E-state index in [9.17, 15) is 0 Å². The summed E-state index contributed by atoms with van der Waals surface area (Å²) in [4.78, 5) is 5.99. The third kappa shape index (κ3) is 2.64. The highest BCUT2D eigenvalue weighted by atomic mass is 16.5. The summed E-state index contributed by atoms with van der Waals surface area (Å²) in [7, 11) is 3.50. The molecule has 1 heterocycles. The Morgan fingerprint density at radius 1 is 1.30 bits per heavy atom. The van der Waals surface area contributed by atoms with E-state index in [4.69, 9.17) is 15.7 Å². The topological polar surface area (TPSA) is 84.0 Å². The van der Waals surface area contributed by atoms with Crippen molar-refractivity contribution >= 4 is 17.2 Å². The Bertz CT molecular complexity index is 611. The molecule has 0 saturated carbocycles. The van der Waals surface area contributed by atoms with E-state index < -0.39 is 0 Å². The van der Waals surface area contributed by atoms with Gasteiger partial charge in [0.25, 0.3) is 0 Å². The zero-order chi connectivity index (χ0) is 14.5. The summed E-state index contributed by atoms with van der Waals surface area (Å²) in [5.41, 5.74) is 7.97. The van der Waals surface area contributed by atoms with Crippen LogP contribution in [0.4, 0.5) is 11.4 Å². The lowest BCUT2D eigenvalue weighted by Gasteiger charge is -2.21. The normalized spacial score (nSPS) is 11.2. The van der Waals surface area contributed by atoms with E-state index in [-0.39, 0.29) is 5.84 Å². The van der Waals surface area contributed by atoms with Crippen LogP contribution in [0.15, 0.2) is 47.9 Å². The summed E-state index contributed by atoms with van der Waals surface area (Å²) in [6.45, 7) is 0. The van der Waals surface area contributed by atoms with Crippen LogP contribution in [0.5, 0.6) is 5.75 Å². The molecule has 0 fully saturated rings. The number of nitrogens with zero attached hydrogens (tertiary/aromatic N) is 3. The zero-order valence-electron chi connectivity index (χ0n) is 11.3. The summed E-state index contributed by atoms with van der Waals surface area (Å²) in [5.74, 6) is 0.827. The summed E-state index contributed by atoms with van der Waals surface area (Å²) in [6, 6.07) is 9.27. The van der Waals surface area contributed by atoms with Crippen molar-refractivity contribution in [3.63, 3.8) is 0 Å². The molecule has 1 aromatic carbocycles. The predicted molar refractivity (Wildman–Crippen MR) is 77.8 cm³/mol. The van der Waals surface area contributed by atoms with Crippen molar-refractivity contribution < 1.29 is 9.94 Å². The largest absolute Gasteiger partial charge is 0.497 e. The molecular weight excluding hydrogens is 256 g/mol. The maximum atomic E-state index is 8.84. The second-order valence-corrected chi connectivity index (χ2v) is 4.14. The van der Waals surface area contributed by atoms with Gasteiger partial charge in [-0.25, -0.2) is 0 Å². The van der Waals surface area contributed by atoms with E-state index in [0.717, 1.165) is 17.1 Å². The Hall–Kier alpha value is -2.76. The second-order valence-electron chi connectivity index (χ2n) is 4.14. The van der Waals surface area contributed by atoms with E-state index in [1.165, 1.54) is 0 Å². The minimum Gasteiger partial charge on any atom is -0.497 e. The predicted octanol–water partition coefficient (Wildman–Crippen LogP) is 1.95. The number of hydrogen-bond acceptors (Lipinski definition) is 5. The second kappa shape index (κ2) is 5.92. The zero-order valence-corrected chi connectivity index (χ0v) is 11.3. The van der Waals surface area contributed by atoms with E-state index in [1.807, 2.05) is 36.2 Å². The van der Waals surface area contributed by atoms with Crippen LogP contribution in [-0.2, 0) is 0 Å². The van der Waals surface area contributed by atoms with Crippen LogP contribution >= 0.6 is 0 Å². The fourth-order valence-corrected chi connectivity index (χ4v) is 1.87. The molecule has 0 radical (unpaired) electrons. The van der Waals surface area contributed by atoms with Gasteiger partial charge in [-0.05, 0) is 30.3 Å². The minimum atomic E-state index is 0.0442. The molecule has 0 aliphatic rings. The van der Waals surface area contributed by atoms with Crippen molar-refractivity contribution in [1.29, 1.82) is 0 Å². The third-order valence-electron chi connectivity index (χ3n) is 3.00. The number of anilines is 2. The lowest BCUT2D eigenvalue weighted by molar-refractivity contribution is 0.318. The van der Waals surface area contributed by atoms with E-state index in [2.05, 4.69) is 10.1 Å². The number of methoxy groups -OCH3 is 1. The molecule has 0 aliphatic carbocycles. The Labute approximate surface area is 117 Å². The number of hydrogen-bond donors (Lipinski definition) is 2. The molecule has 0 atom stereocenters. The maximum Gasteiger partial charge on any atom is 0.172 e. The molecule has 0 bridgehead atoms. The van der Waals surface area contributed by atoms with Gasteiger partial charge in [-0.2, -0.15) is 0 Å². The molecular formula is C14H16N4O2. The highest BCUT2D eigenvalue weighted by molar-refractivity contribution is 6.02. The van der Waals surface area contributed by atoms with Gasteiger partial charge in [-0.3, -0.25) is 4.98 Å². The van der Waals surface area contributed by atoms with Gasteiger partial charge >= 0.3 is 0 Å². The summed E-state index contributed by atoms with van der Waals surface area (Å²) in [6.07, 6.45) is 3.26. The van der Waals surface area contributed by atoms with Crippen LogP contribution in [0, 0.1) is 0 Å². The summed E-state index contributed by atoms with van der Waals surface area (Å²) < 4.78 is 5.13. The average molecular weight is 272 g/mol. The Morgan fingerprint density at radius 3 is 2.60 bits per heavy atom. The first-order valence-corrected chi connectivity index (χ1v) is 5.97. The maximum absolute atomic E-state index is 8.84. The van der Waals surface area contributed by atoms with Crippen molar-refractivity contribution in [3.8, 4) is 5.75 Å². The summed E-state index contributed by atoms with van der Waals surface area (Å²) in [5, 5.41) is 11.9. The Kier molecular flexibility index (Phi) is 4.05. The number of nitrogens with two attached hydrogens (primary N) is 1. The molecule has 6 nitrogen and oxygen atoms in total. The van der Waals surface area contributed by atoms with Crippen molar-refractivity contribution in [1.82, 2.24) is 4.98 Å². The van der Waals surface area contributed by atoms with Gasteiger partial charge in [-0.1, -0.05) is 5.16 Å². The number of benzene rings is 1. The van der Waals surface area contributed by atoms with Crippen molar-refractivity contribution in [3.05, 3.63) is 48.3 Å². The van der Waals surface area contributed by atoms with Gasteiger partial charge < -0.3 is 20.6 Å². The molecule has 6 heteroatoms. The first-order chi connectivity index (χ1) is 9.67. The van der Waals surface area contributed by atoms with E-state index in [0.29, 0.717) is 5.56 Å². The fourth-order valence-electron chi connectivity index (χ4n) is 1.87.